The summed E-state index contributed by atoms with van der Waals surface area (Å²) in [6, 6.07) is 3.29. The molecule has 0 saturated carbocycles. The highest BCUT2D eigenvalue weighted by Gasteiger charge is 2.54. The third-order valence-electron chi connectivity index (χ3n) is 3.29. The summed E-state index contributed by atoms with van der Waals surface area (Å²) < 4.78 is 0. The molecular weight excluding hydrogens is 148 g/mol. The van der Waals surface area contributed by atoms with Gasteiger partial charge in [0.2, 0.25) is 0 Å². The molecule has 2 saturated heterocycles. The van der Waals surface area contributed by atoms with E-state index in [1.807, 2.05) is 0 Å². The summed E-state index contributed by atoms with van der Waals surface area (Å²) in [7, 11) is 0. The van der Waals surface area contributed by atoms with Crippen molar-refractivity contribution >= 4 is 0 Å². The van der Waals surface area contributed by atoms with Crippen LogP contribution in [0.25, 0.3) is 0 Å². The van der Waals surface area contributed by atoms with Gasteiger partial charge < -0.3 is 0 Å². The predicted octanol–water partition coefficient (Wildman–Crippen LogP) is 1.17. The minimum absolute atomic E-state index is 0.742. The predicted molar refractivity (Wildman–Crippen MR) is 51.3 cm³/mol. The number of rotatable bonds is 2. The van der Waals surface area contributed by atoms with Gasteiger partial charge in [0.15, 0.2) is 0 Å². The first kappa shape index (κ1) is 8.52. The van der Waals surface area contributed by atoms with Gasteiger partial charge in [0.05, 0.1) is 0 Å². The fraction of sp³-hybridized carbons (Fsp3) is 1.00. The molecule has 2 unspecified atom stereocenters. The molecule has 0 radical (unpaired) electrons. The van der Waals surface area contributed by atoms with Crippen LogP contribution in [0.5, 0.6) is 0 Å². The Labute approximate surface area is 75.5 Å². The summed E-state index contributed by atoms with van der Waals surface area (Å²) in [4.78, 5) is 5.23. The molecule has 0 aromatic carbocycles. The van der Waals surface area contributed by atoms with E-state index in [4.69, 9.17) is 0 Å². The zero-order valence-electron chi connectivity index (χ0n) is 8.62. The van der Waals surface area contributed by atoms with E-state index < -0.39 is 0 Å². The highest BCUT2D eigenvalue weighted by molar-refractivity contribution is 5.11. The van der Waals surface area contributed by atoms with E-state index in [2.05, 4.69) is 37.5 Å². The van der Waals surface area contributed by atoms with E-state index in [-0.39, 0.29) is 0 Å². The molecule has 0 aliphatic carbocycles. The fourth-order valence-electron chi connectivity index (χ4n) is 2.53. The third kappa shape index (κ3) is 1.17. The van der Waals surface area contributed by atoms with Gasteiger partial charge in [-0.05, 0) is 27.7 Å². The van der Waals surface area contributed by atoms with Crippen LogP contribution in [0.1, 0.15) is 27.7 Å². The van der Waals surface area contributed by atoms with Gasteiger partial charge in [-0.1, -0.05) is 0 Å². The molecule has 2 atom stereocenters. The van der Waals surface area contributed by atoms with Gasteiger partial charge in [-0.15, -0.1) is 0 Å². The molecule has 0 amide bonds. The van der Waals surface area contributed by atoms with Crippen molar-refractivity contribution in [2.75, 3.05) is 13.1 Å². The fourth-order valence-corrected chi connectivity index (χ4v) is 2.53. The highest BCUT2D eigenvalue weighted by Crippen LogP contribution is 2.38. The molecule has 70 valence electrons. The standard InChI is InChI=1S/C10H20N2/c1-7(2)11-5-9-10(6-11)12(9)8(3)4/h7-10H,5-6H2,1-4H3. The number of hydrogen-bond acceptors (Lipinski definition) is 2. The van der Waals surface area contributed by atoms with Crippen molar-refractivity contribution in [3.05, 3.63) is 0 Å². The molecule has 0 N–H and O–H groups in total. The lowest BCUT2D eigenvalue weighted by molar-refractivity contribution is 0.201. The van der Waals surface area contributed by atoms with E-state index in [9.17, 15) is 0 Å². The van der Waals surface area contributed by atoms with Crippen molar-refractivity contribution < 1.29 is 0 Å². The third-order valence-corrected chi connectivity index (χ3v) is 3.29. The van der Waals surface area contributed by atoms with E-state index in [1.165, 1.54) is 13.1 Å². The first-order valence-corrected chi connectivity index (χ1v) is 5.12. The first-order chi connectivity index (χ1) is 5.61. The normalized spacial score (nSPS) is 41.0. The van der Waals surface area contributed by atoms with Gasteiger partial charge in [0.25, 0.3) is 0 Å². The van der Waals surface area contributed by atoms with Gasteiger partial charge >= 0.3 is 0 Å². The molecule has 0 spiro atoms. The van der Waals surface area contributed by atoms with Crippen LogP contribution in [0, 0.1) is 0 Å². The molecule has 0 aromatic heterocycles. The summed E-state index contributed by atoms with van der Waals surface area (Å²) in [5.74, 6) is 0. The minimum atomic E-state index is 0.742. The molecule has 0 aromatic rings. The number of hydrogen-bond donors (Lipinski definition) is 0. The van der Waals surface area contributed by atoms with Crippen LogP contribution >= 0.6 is 0 Å². The van der Waals surface area contributed by atoms with Crippen LogP contribution in [0.3, 0.4) is 0 Å². The van der Waals surface area contributed by atoms with Gasteiger partial charge in [0, 0.05) is 37.3 Å². The molecule has 2 heterocycles. The molecular formula is C10H20N2. The highest BCUT2D eigenvalue weighted by atomic mass is 15.5. The maximum atomic E-state index is 2.64. The quantitative estimate of drug-likeness (QED) is 0.571. The molecule has 12 heavy (non-hydrogen) atoms. The van der Waals surface area contributed by atoms with Crippen LogP contribution in [0.4, 0.5) is 0 Å². The topological polar surface area (TPSA) is 6.25 Å². The van der Waals surface area contributed by atoms with Crippen LogP contribution in [0.2, 0.25) is 0 Å². The van der Waals surface area contributed by atoms with Crippen LogP contribution in [0.15, 0.2) is 0 Å². The summed E-state index contributed by atoms with van der Waals surface area (Å²) in [6.07, 6.45) is 0. The van der Waals surface area contributed by atoms with Gasteiger partial charge in [-0.3, -0.25) is 9.80 Å². The van der Waals surface area contributed by atoms with Crippen molar-refractivity contribution in [1.82, 2.24) is 9.80 Å². The second-order valence-electron chi connectivity index (χ2n) is 4.72. The summed E-state index contributed by atoms with van der Waals surface area (Å²) in [5.41, 5.74) is 0. The maximum Gasteiger partial charge on any atom is 0.0398 e. The van der Waals surface area contributed by atoms with Crippen LogP contribution in [-0.2, 0) is 0 Å². The molecule has 0 bridgehead atoms. The Morgan fingerprint density at radius 3 is 1.75 bits per heavy atom. The van der Waals surface area contributed by atoms with E-state index in [0.29, 0.717) is 0 Å². The van der Waals surface area contributed by atoms with Gasteiger partial charge in [-0.2, -0.15) is 0 Å². The Morgan fingerprint density at radius 1 is 0.917 bits per heavy atom. The second kappa shape index (κ2) is 2.71. The van der Waals surface area contributed by atoms with E-state index in [0.717, 1.165) is 24.2 Å². The molecule has 2 aliphatic heterocycles. The van der Waals surface area contributed by atoms with Crippen molar-refractivity contribution in [3.63, 3.8) is 0 Å². The molecule has 2 rings (SSSR count). The maximum absolute atomic E-state index is 2.64. The first-order valence-electron chi connectivity index (χ1n) is 5.12. The second-order valence-corrected chi connectivity index (χ2v) is 4.72. The summed E-state index contributed by atoms with van der Waals surface area (Å²) in [5, 5.41) is 0. The number of nitrogens with zero attached hydrogens (tertiary/aromatic N) is 2. The summed E-state index contributed by atoms with van der Waals surface area (Å²) in [6.45, 7) is 11.8. The Balaban J connectivity index is 1.86. The van der Waals surface area contributed by atoms with Crippen molar-refractivity contribution in [2.45, 2.75) is 51.9 Å². The minimum Gasteiger partial charge on any atom is -0.298 e. The lowest BCUT2D eigenvalue weighted by Gasteiger charge is -2.25. The van der Waals surface area contributed by atoms with E-state index in [1.54, 1.807) is 0 Å². The average Bonchev–Trinajstić information content (AvgIpc) is 2.48. The van der Waals surface area contributed by atoms with E-state index >= 15 is 0 Å². The summed E-state index contributed by atoms with van der Waals surface area (Å²) >= 11 is 0. The van der Waals surface area contributed by atoms with Crippen LogP contribution in [-0.4, -0.2) is 47.1 Å². The average molecular weight is 168 g/mol. The lowest BCUT2D eigenvalue weighted by Crippen LogP contribution is -2.36. The van der Waals surface area contributed by atoms with Crippen molar-refractivity contribution in [2.24, 2.45) is 0 Å². The van der Waals surface area contributed by atoms with Crippen LogP contribution < -0.4 is 0 Å². The number of likely N-dealkylation sites (tertiary alicyclic amines) is 1. The van der Waals surface area contributed by atoms with Gasteiger partial charge in [0.1, 0.15) is 0 Å². The largest absolute Gasteiger partial charge is 0.298 e. The lowest BCUT2D eigenvalue weighted by atomic mass is 10.3. The monoisotopic (exact) mass is 168 g/mol. The Morgan fingerprint density at radius 2 is 1.42 bits per heavy atom. The molecule has 2 aliphatic rings. The molecule has 2 heteroatoms. The van der Waals surface area contributed by atoms with Gasteiger partial charge in [-0.25, -0.2) is 0 Å². The smallest absolute Gasteiger partial charge is 0.0398 e. The molecule has 2 nitrogen and oxygen atoms in total. The zero-order chi connectivity index (χ0) is 8.88. The number of fused-ring (bicyclic) bond motifs is 1. The zero-order valence-corrected chi connectivity index (χ0v) is 8.62. The molecule has 2 fully saturated rings. The van der Waals surface area contributed by atoms with Crippen molar-refractivity contribution in [3.8, 4) is 0 Å². The van der Waals surface area contributed by atoms with Crippen molar-refractivity contribution in [1.29, 1.82) is 0 Å². The number of piperazine rings is 1. The Bertz CT molecular complexity index is 159. The Kier molecular flexibility index (Phi) is 1.92. The Hall–Kier alpha value is -0.0800. The SMILES string of the molecule is CC(C)N1CC2C(C1)N2C(C)C.